The molecule has 2 amide bonds. The summed E-state index contributed by atoms with van der Waals surface area (Å²) in [5, 5.41) is 18.0. The van der Waals surface area contributed by atoms with E-state index >= 15 is 0 Å². The van der Waals surface area contributed by atoms with Crippen LogP contribution in [-0.4, -0.2) is 34.2 Å². The maximum atomic E-state index is 11.9. The molecule has 1 aromatic carbocycles. The molecule has 2 aromatic rings. The van der Waals surface area contributed by atoms with Gasteiger partial charge >= 0.3 is 0 Å². The number of hydrogen-bond donors (Lipinski definition) is 3. The van der Waals surface area contributed by atoms with E-state index in [9.17, 15) is 9.59 Å². The first kappa shape index (κ1) is 16.7. The second kappa shape index (κ2) is 7.06. The van der Waals surface area contributed by atoms with Crippen molar-refractivity contribution in [1.82, 2.24) is 10.5 Å². The zero-order chi connectivity index (χ0) is 16.9. The van der Waals surface area contributed by atoms with Crippen molar-refractivity contribution in [2.45, 2.75) is 25.8 Å². The molecule has 0 aliphatic heterocycles. The SMILES string of the molecule is CC(C)(CO)NC(=O)Cc1ccc(NC(=O)c2ccno2)cc1. The van der Waals surface area contributed by atoms with Gasteiger partial charge in [0.25, 0.3) is 5.91 Å². The summed E-state index contributed by atoms with van der Waals surface area (Å²) in [5.41, 5.74) is 0.738. The number of aliphatic hydroxyl groups is 1. The van der Waals surface area contributed by atoms with Crippen molar-refractivity contribution in [3.63, 3.8) is 0 Å². The highest BCUT2D eigenvalue weighted by Gasteiger charge is 2.19. The van der Waals surface area contributed by atoms with Crippen molar-refractivity contribution in [2.75, 3.05) is 11.9 Å². The molecule has 0 unspecified atom stereocenters. The molecule has 0 fully saturated rings. The minimum atomic E-state index is -0.651. The number of benzene rings is 1. The molecular weight excluding hydrogens is 298 g/mol. The Kier molecular flexibility index (Phi) is 5.13. The number of carbonyl (C=O) groups excluding carboxylic acids is 2. The van der Waals surface area contributed by atoms with Crippen LogP contribution >= 0.6 is 0 Å². The molecule has 1 heterocycles. The Labute approximate surface area is 133 Å². The third-order valence-corrected chi connectivity index (χ3v) is 3.11. The Morgan fingerprint density at radius 3 is 2.48 bits per heavy atom. The number of nitrogens with one attached hydrogen (secondary N) is 2. The number of aromatic nitrogens is 1. The van der Waals surface area contributed by atoms with Crippen LogP contribution in [0.5, 0.6) is 0 Å². The van der Waals surface area contributed by atoms with Crippen LogP contribution in [0, 0.1) is 0 Å². The van der Waals surface area contributed by atoms with E-state index in [4.69, 9.17) is 9.63 Å². The molecule has 0 saturated heterocycles. The van der Waals surface area contributed by atoms with Gasteiger partial charge < -0.3 is 20.3 Å². The number of amides is 2. The summed E-state index contributed by atoms with van der Waals surface area (Å²) in [4.78, 5) is 23.7. The van der Waals surface area contributed by atoms with Gasteiger partial charge in [-0.25, -0.2) is 0 Å². The van der Waals surface area contributed by atoms with Gasteiger partial charge in [0.05, 0.1) is 24.8 Å². The molecule has 23 heavy (non-hydrogen) atoms. The van der Waals surface area contributed by atoms with E-state index in [-0.39, 0.29) is 24.7 Å². The van der Waals surface area contributed by atoms with E-state index in [0.717, 1.165) is 5.56 Å². The van der Waals surface area contributed by atoms with E-state index in [2.05, 4.69) is 15.8 Å². The van der Waals surface area contributed by atoms with Crippen LogP contribution in [0.15, 0.2) is 41.1 Å². The molecule has 0 bridgehead atoms. The van der Waals surface area contributed by atoms with Crippen molar-refractivity contribution in [1.29, 1.82) is 0 Å². The Bertz CT molecular complexity index is 663. The Balaban J connectivity index is 1.92. The number of aliphatic hydroxyl groups excluding tert-OH is 1. The number of hydrogen-bond acceptors (Lipinski definition) is 5. The molecule has 0 saturated carbocycles. The first-order valence-electron chi connectivity index (χ1n) is 7.12. The smallest absolute Gasteiger partial charge is 0.294 e. The van der Waals surface area contributed by atoms with Crippen molar-refractivity contribution in [3.8, 4) is 0 Å². The zero-order valence-electron chi connectivity index (χ0n) is 13.0. The van der Waals surface area contributed by atoms with Gasteiger partial charge in [-0.1, -0.05) is 17.3 Å². The average Bonchev–Trinajstić information content (AvgIpc) is 3.03. The quantitative estimate of drug-likeness (QED) is 0.746. The highest BCUT2D eigenvalue weighted by Crippen LogP contribution is 2.12. The fourth-order valence-electron chi connectivity index (χ4n) is 1.88. The lowest BCUT2D eigenvalue weighted by molar-refractivity contribution is -0.122. The number of rotatable bonds is 6. The maximum Gasteiger partial charge on any atom is 0.294 e. The summed E-state index contributed by atoms with van der Waals surface area (Å²) >= 11 is 0. The second-order valence-corrected chi connectivity index (χ2v) is 5.79. The molecule has 1 aromatic heterocycles. The third kappa shape index (κ3) is 4.93. The molecule has 0 aliphatic rings. The van der Waals surface area contributed by atoms with Crippen molar-refractivity contribution in [3.05, 3.63) is 47.9 Å². The second-order valence-electron chi connectivity index (χ2n) is 5.79. The van der Waals surface area contributed by atoms with Crippen LogP contribution in [0.1, 0.15) is 30.0 Å². The van der Waals surface area contributed by atoms with Gasteiger partial charge in [-0.3, -0.25) is 9.59 Å². The fraction of sp³-hybridized carbons (Fsp3) is 0.312. The monoisotopic (exact) mass is 317 g/mol. The van der Waals surface area contributed by atoms with E-state index in [1.807, 2.05) is 0 Å². The molecule has 7 heteroatoms. The normalized spacial score (nSPS) is 11.1. The lowest BCUT2D eigenvalue weighted by Gasteiger charge is -2.23. The van der Waals surface area contributed by atoms with Gasteiger partial charge in [-0.2, -0.15) is 0 Å². The molecule has 0 spiro atoms. The lowest BCUT2D eigenvalue weighted by atomic mass is 10.1. The predicted molar refractivity (Wildman–Crippen MR) is 83.9 cm³/mol. The van der Waals surface area contributed by atoms with Crippen LogP contribution in [0.25, 0.3) is 0 Å². The first-order chi connectivity index (χ1) is 10.9. The average molecular weight is 317 g/mol. The summed E-state index contributed by atoms with van der Waals surface area (Å²) < 4.78 is 4.77. The van der Waals surface area contributed by atoms with Gasteiger partial charge in [-0.15, -0.1) is 0 Å². The molecule has 3 N–H and O–H groups in total. The number of carbonyl (C=O) groups is 2. The summed E-state index contributed by atoms with van der Waals surface area (Å²) in [6, 6.07) is 8.38. The van der Waals surface area contributed by atoms with Gasteiger partial charge in [0.15, 0.2) is 0 Å². The predicted octanol–water partition coefficient (Wildman–Crippen LogP) is 1.36. The summed E-state index contributed by atoms with van der Waals surface area (Å²) in [5.74, 6) is -0.445. The van der Waals surface area contributed by atoms with Gasteiger partial charge in [0.2, 0.25) is 11.7 Å². The van der Waals surface area contributed by atoms with Crippen LogP contribution in [0.2, 0.25) is 0 Å². The van der Waals surface area contributed by atoms with Gasteiger partial charge in [0.1, 0.15) is 0 Å². The lowest BCUT2D eigenvalue weighted by Crippen LogP contribution is -2.46. The minimum Gasteiger partial charge on any atom is -0.394 e. The Hall–Kier alpha value is -2.67. The van der Waals surface area contributed by atoms with Gasteiger partial charge in [0, 0.05) is 11.8 Å². The highest BCUT2D eigenvalue weighted by atomic mass is 16.5. The molecule has 0 aliphatic carbocycles. The van der Waals surface area contributed by atoms with E-state index in [1.54, 1.807) is 38.1 Å². The number of nitrogens with zero attached hydrogens (tertiary/aromatic N) is 1. The Morgan fingerprint density at radius 1 is 1.22 bits per heavy atom. The standard InChI is InChI=1S/C16H19N3O4/c1-16(2,10-20)19-14(21)9-11-3-5-12(6-4-11)18-15(22)13-7-8-17-23-13/h3-8,20H,9-10H2,1-2H3,(H,18,22)(H,19,21). The highest BCUT2D eigenvalue weighted by molar-refractivity contribution is 6.02. The van der Waals surface area contributed by atoms with E-state index in [1.165, 1.54) is 12.3 Å². The molecule has 2 rings (SSSR count). The van der Waals surface area contributed by atoms with Crippen molar-refractivity contribution >= 4 is 17.5 Å². The van der Waals surface area contributed by atoms with Crippen LogP contribution < -0.4 is 10.6 Å². The van der Waals surface area contributed by atoms with Crippen molar-refractivity contribution < 1.29 is 19.2 Å². The third-order valence-electron chi connectivity index (χ3n) is 3.11. The minimum absolute atomic E-state index is 0.125. The van der Waals surface area contributed by atoms with Crippen LogP contribution in [0.4, 0.5) is 5.69 Å². The van der Waals surface area contributed by atoms with E-state index < -0.39 is 11.4 Å². The summed E-state index contributed by atoms with van der Waals surface area (Å²) in [6.07, 6.45) is 1.59. The molecule has 122 valence electrons. The van der Waals surface area contributed by atoms with E-state index in [0.29, 0.717) is 5.69 Å². The molecule has 0 radical (unpaired) electrons. The summed E-state index contributed by atoms with van der Waals surface area (Å²) in [7, 11) is 0. The van der Waals surface area contributed by atoms with Gasteiger partial charge in [-0.05, 0) is 31.5 Å². The van der Waals surface area contributed by atoms with Crippen molar-refractivity contribution in [2.24, 2.45) is 0 Å². The summed E-state index contributed by atoms with van der Waals surface area (Å²) in [6.45, 7) is 3.35. The Morgan fingerprint density at radius 2 is 1.91 bits per heavy atom. The van der Waals surface area contributed by atoms with Crippen LogP contribution in [0.3, 0.4) is 0 Å². The first-order valence-corrected chi connectivity index (χ1v) is 7.12. The maximum absolute atomic E-state index is 11.9. The zero-order valence-corrected chi connectivity index (χ0v) is 13.0. The molecular formula is C16H19N3O4. The topological polar surface area (TPSA) is 104 Å². The molecule has 0 atom stereocenters. The number of anilines is 1. The largest absolute Gasteiger partial charge is 0.394 e. The van der Waals surface area contributed by atoms with Crippen LogP contribution in [-0.2, 0) is 11.2 Å². The molecule has 7 nitrogen and oxygen atoms in total. The fourth-order valence-corrected chi connectivity index (χ4v) is 1.88.